The Labute approximate surface area is 430 Å². The number of furan rings is 2. The van der Waals surface area contributed by atoms with Gasteiger partial charge in [-0.15, -0.1) is 0 Å². The van der Waals surface area contributed by atoms with Gasteiger partial charge in [0.05, 0.1) is 22.8 Å². The van der Waals surface area contributed by atoms with Crippen LogP contribution in [0.5, 0.6) is 0 Å². The van der Waals surface area contributed by atoms with Crippen molar-refractivity contribution in [1.29, 1.82) is 0 Å². The molecule has 354 valence electrons. The molecule has 10 aromatic carbocycles. The average Bonchev–Trinajstić information content (AvgIpc) is 4.15. The summed E-state index contributed by atoms with van der Waals surface area (Å²) in [5.41, 5.74) is 20.8. The van der Waals surface area contributed by atoms with Crippen LogP contribution in [-0.2, 0) is 0 Å². The molecular weight excluding hydrogens is 901 g/mol. The largest absolute Gasteiger partial charge is 0.455 e. The van der Waals surface area contributed by atoms with E-state index in [0.29, 0.717) is 0 Å². The normalized spacial score (nSPS) is 16.3. The van der Waals surface area contributed by atoms with Crippen molar-refractivity contribution in [2.24, 2.45) is 16.8 Å². The number of aromatic nitrogens is 1. The SMILES string of the molecule is CC[C@H]1C(c2ccccc2)=C(C)C(C)C(c2ccc(-c3ccccc3)cc2)=NC1c1cccc2oc3c(-c4ccc5c(oc6ccccc65)c4-n4c5ccccc5c5cc(-c6ccccc6)ccc54)cccc3c12. The number of fused-ring (bicyclic) bond motifs is 9. The molecule has 4 heteroatoms. The number of hydrogen-bond acceptors (Lipinski definition) is 3. The maximum absolute atomic E-state index is 7.27. The molecule has 14 rings (SSSR count). The van der Waals surface area contributed by atoms with Crippen molar-refractivity contribution in [3.63, 3.8) is 0 Å². The van der Waals surface area contributed by atoms with Gasteiger partial charge in [-0.2, -0.15) is 0 Å². The summed E-state index contributed by atoms with van der Waals surface area (Å²) in [6, 6.07) is 82.9. The molecule has 1 aliphatic rings. The molecule has 0 saturated carbocycles. The predicted octanol–water partition coefficient (Wildman–Crippen LogP) is 19.3. The monoisotopic (exact) mass is 952 g/mol. The standard InChI is InChI=1S/C70H52N2O2/c1-4-51-64(48-24-12-7-13-25-48)43(2)44(3)66(49-36-34-47(35-37-49)45-20-8-5-9-21-45)71-67(51)57-29-19-33-63-65(57)58-30-18-28-55(69(58)74-63)54-39-40-56-53-27-15-17-32-62(53)73-70(56)68(54)72-60-31-16-14-26-52(60)59-42-50(38-41-61(59)72)46-22-10-6-11-23-46/h5-42,44,51,67H,4H2,1-3H3/t44?,51-,67?/m0/s1. The lowest BCUT2D eigenvalue weighted by molar-refractivity contribution is 0.527. The number of aliphatic imine (C=N–C) groups is 1. The third-order valence-electron chi connectivity index (χ3n) is 16.0. The van der Waals surface area contributed by atoms with Gasteiger partial charge < -0.3 is 13.4 Å². The molecule has 0 spiro atoms. The van der Waals surface area contributed by atoms with Crippen LogP contribution in [0.1, 0.15) is 49.9 Å². The summed E-state index contributed by atoms with van der Waals surface area (Å²) in [5.74, 6) is 0.176. The van der Waals surface area contributed by atoms with Crippen LogP contribution in [0.3, 0.4) is 0 Å². The first-order chi connectivity index (χ1) is 36.5. The molecule has 0 amide bonds. The van der Waals surface area contributed by atoms with Gasteiger partial charge in [0.25, 0.3) is 0 Å². The van der Waals surface area contributed by atoms with Gasteiger partial charge in [-0.1, -0.05) is 214 Å². The molecular formula is C70H52N2O2. The van der Waals surface area contributed by atoms with Gasteiger partial charge in [0, 0.05) is 61.0 Å². The third kappa shape index (κ3) is 6.93. The fourth-order valence-electron chi connectivity index (χ4n) is 12.4. The van der Waals surface area contributed by atoms with E-state index in [9.17, 15) is 0 Å². The van der Waals surface area contributed by atoms with Crippen LogP contribution in [0, 0.1) is 11.8 Å². The van der Waals surface area contributed by atoms with Crippen molar-refractivity contribution in [1.82, 2.24) is 4.57 Å². The number of hydrogen-bond donors (Lipinski definition) is 0. The van der Waals surface area contributed by atoms with Crippen molar-refractivity contribution < 1.29 is 8.83 Å². The number of benzene rings is 10. The Morgan fingerprint density at radius 1 is 0.446 bits per heavy atom. The molecule has 0 N–H and O–H groups in total. The maximum atomic E-state index is 7.27. The summed E-state index contributed by atoms with van der Waals surface area (Å²) in [6.07, 6.45) is 0.909. The van der Waals surface area contributed by atoms with Crippen LogP contribution < -0.4 is 0 Å². The Morgan fingerprint density at radius 2 is 1.03 bits per heavy atom. The van der Waals surface area contributed by atoms with E-state index in [1.54, 1.807) is 0 Å². The average molecular weight is 953 g/mol. The Morgan fingerprint density at radius 3 is 1.78 bits per heavy atom. The van der Waals surface area contributed by atoms with Crippen LogP contribution in [0.2, 0.25) is 0 Å². The summed E-state index contributed by atoms with van der Waals surface area (Å²) in [7, 11) is 0. The van der Waals surface area contributed by atoms with E-state index in [4.69, 9.17) is 13.8 Å². The minimum atomic E-state index is -0.201. The van der Waals surface area contributed by atoms with Gasteiger partial charge in [-0.25, -0.2) is 0 Å². The van der Waals surface area contributed by atoms with Crippen LogP contribution >= 0.6 is 0 Å². The molecule has 74 heavy (non-hydrogen) atoms. The zero-order valence-electron chi connectivity index (χ0n) is 41.6. The number of rotatable bonds is 8. The first-order valence-corrected chi connectivity index (χ1v) is 26.0. The first-order valence-electron chi connectivity index (χ1n) is 26.0. The van der Waals surface area contributed by atoms with Gasteiger partial charge >= 0.3 is 0 Å². The molecule has 0 radical (unpaired) electrons. The summed E-state index contributed by atoms with van der Waals surface area (Å²) >= 11 is 0. The van der Waals surface area contributed by atoms with Crippen molar-refractivity contribution >= 4 is 77.0 Å². The third-order valence-corrected chi connectivity index (χ3v) is 16.0. The quantitative estimate of drug-likeness (QED) is 0.152. The number of para-hydroxylation sites is 3. The molecule has 0 aliphatic carbocycles. The van der Waals surface area contributed by atoms with E-state index in [2.05, 4.69) is 256 Å². The second-order valence-electron chi connectivity index (χ2n) is 20.0. The predicted molar refractivity (Wildman–Crippen MR) is 309 cm³/mol. The first kappa shape index (κ1) is 43.8. The van der Waals surface area contributed by atoms with Crippen molar-refractivity contribution in [3.8, 4) is 39.1 Å². The summed E-state index contributed by atoms with van der Waals surface area (Å²) in [5, 5.41) is 6.69. The molecule has 0 saturated heterocycles. The van der Waals surface area contributed by atoms with Crippen LogP contribution in [0.15, 0.2) is 250 Å². The zero-order valence-corrected chi connectivity index (χ0v) is 41.6. The fourth-order valence-corrected chi connectivity index (χ4v) is 12.4. The molecule has 3 aromatic heterocycles. The van der Waals surface area contributed by atoms with Crippen molar-refractivity contribution in [2.45, 2.75) is 33.2 Å². The highest BCUT2D eigenvalue weighted by Gasteiger charge is 2.35. The van der Waals surface area contributed by atoms with E-state index in [-0.39, 0.29) is 17.9 Å². The maximum Gasteiger partial charge on any atom is 0.160 e. The second-order valence-corrected chi connectivity index (χ2v) is 20.0. The summed E-state index contributed by atoms with van der Waals surface area (Å²) in [4.78, 5) is 6.00. The molecule has 0 fully saturated rings. The van der Waals surface area contributed by atoms with Crippen molar-refractivity contribution in [3.05, 3.63) is 253 Å². The summed E-state index contributed by atoms with van der Waals surface area (Å²) < 4.78 is 16.7. The Balaban J connectivity index is 1.00. The molecule has 4 heterocycles. The topological polar surface area (TPSA) is 43.6 Å². The molecule has 2 unspecified atom stereocenters. The Bertz CT molecular complexity index is 4360. The molecule has 4 nitrogen and oxygen atoms in total. The van der Waals surface area contributed by atoms with E-state index < -0.39 is 0 Å². The molecule has 1 aliphatic heterocycles. The minimum Gasteiger partial charge on any atom is -0.455 e. The van der Waals surface area contributed by atoms with E-state index >= 15 is 0 Å². The molecule has 13 aromatic rings. The summed E-state index contributed by atoms with van der Waals surface area (Å²) in [6.45, 7) is 7.00. The highest BCUT2D eigenvalue weighted by Crippen LogP contribution is 2.50. The van der Waals surface area contributed by atoms with Gasteiger partial charge in [0.1, 0.15) is 16.7 Å². The van der Waals surface area contributed by atoms with Crippen molar-refractivity contribution in [2.75, 3.05) is 0 Å². The van der Waals surface area contributed by atoms with Gasteiger partial charge in [-0.05, 0) is 94.3 Å². The van der Waals surface area contributed by atoms with Crippen LogP contribution in [0.4, 0.5) is 0 Å². The zero-order chi connectivity index (χ0) is 49.4. The van der Waals surface area contributed by atoms with E-state index in [1.807, 2.05) is 0 Å². The Kier molecular flexibility index (Phi) is 10.4. The Hall–Kier alpha value is -8.99. The van der Waals surface area contributed by atoms with Gasteiger partial charge in [-0.3, -0.25) is 4.99 Å². The van der Waals surface area contributed by atoms with E-state index in [1.165, 1.54) is 55.3 Å². The van der Waals surface area contributed by atoms with Crippen LogP contribution in [0.25, 0.3) is 110 Å². The second kappa shape index (κ2) is 17.6. The number of allylic oxidation sites excluding steroid dienone is 1. The van der Waals surface area contributed by atoms with Crippen LogP contribution in [-0.4, -0.2) is 10.3 Å². The van der Waals surface area contributed by atoms with E-state index in [0.717, 1.165) is 89.4 Å². The smallest absolute Gasteiger partial charge is 0.160 e. The highest BCUT2D eigenvalue weighted by atomic mass is 16.3. The minimum absolute atomic E-state index is 0.0797. The highest BCUT2D eigenvalue weighted by molar-refractivity contribution is 6.18. The number of nitrogens with zero attached hydrogens (tertiary/aromatic N) is 2. The molecule has 0 bridgehead atoms. The van der Waals surface area contributed by atoms with Gasteiger partial charge in [0.15, 0.2) is 5.58 Å². The van der Waals surface area contributed by atoms with Gasteiger partial charge in [0.2, 0.25) is 0 Å². The lowest BCUT2D eigenvalue weighted by Crippen LogP contribution is -2.14. The lowest BCUT2D eigenvalue weighted by Gasteiger charge is -2.27. The molecule has 3 atom stereocenters. The fraction of sp³-hybridized carbons (Fsp3) is 0.100. The lowest BCUT2D eigenvalue weighted by atomic mass is 9.78.